The first-order chi connectivity index (χ1) is 11.6. The molecule has 8 heteroatoms. The number of nitrogens with zero attached hydrogens (tertiary/aromatic N) is 3. The minimum Gasteiger partial charge on any atom is -0.307 e. The first-order valence-corrected chi connectivity index (χ1v) is 7.56. The van der Waals surface area contributed by atoms with Gasteiger partial charge in [0.05, 0.1) is 11.8 Å². The minimum absolute atomic E-state index is 0.169. The van der Waals surface area contributed by atoms with Crippen molar-refractivity contribution in [2.45, 2.75) is 12.8 Å². The number of aromatic amines is 1. The predicted octanol–water partition coefficient (Wildman–Crippen LogP) is 3.23. The summed E-state index contributed by atoms with van der Waals surface area (Å²) in [5.74, 6) is -0.345. The topological polar surface area (TPSA) is 83.6 Å². The van der Waals surface area contributed by atoms with E-state index in [0.717, 1.165) is 11.8 Å². The Hall–Kier alpha value is -2.80. The Labute approximate surface area is 142 Å². The number of aryl methyl sites for hydroxylation is 1. The standard InChI is InChI=1S/C16H13ClFN5O/c17-11-4-1-10(2-5-11)3-6-14(24)20-16-21-15(22-23-16)12-7-8-19-9-13(12)18/h1-2,4-5,7-9H,3,6H2,(H2,20,21,22,23,24). The fourth-order valence-electron chi connectivity index (χ4n) is 2.11. The van der Waals surface area contributed by atoms with E-state index in [4.69, 9.17) is 11.6 Å². The summed E-state index contributed by atoms with van der Waals surface area (Å²) in [6.07, 6.45) is 3.39. The van der Waals surface area contributed by atoms with E-state index in [0.29, 0.717) is 11.4 Å². The van der Waals surface area contributed by atoms with Gasteiger partial charge >= 0.3 is 0 Å². The average molecular weight is 346 g/mol. The summed E-state index contributed by atoms with van der Waals surface area (Å²) >= 11 is 5.82. The van der Waals surface area contributed by atoms with Gasteiger partial charge in [0.15, 0.2) is 11.6 Å². The summed E-state index contributed by atoms with van der Waals surface area (Å²) in [6, 6.07) is 8.77. The van der Waals surface area contributed by atoms with Crippen molar-refractivity contribution in [1.29, 1.82) is 0 Å². The molecular formula is C16H13ClFN5O. The van der Waals surface area contributed by atoms with Gasteiger partial charge in [-0.15, -0.1) is 10.2 Å². The predicted molar refractivity (Wildman–Crippen MR) is 88.0 cm³/mol. The summed E-state index contributed by atoms with van der Waals surface area (Å²) < 4.78 is 13.6. The van der Waals surface area contributed by atoms with E-state index in [1.165, 1.54) is 12.3 Å². The van der Waals surface area contributed by atoms with Gasteiger partial charge < -0.3 is 4.98 Å². The molecule has 122 valence electrons. The molecule has 3 rings (SSSR count). The first-order valence-electron chi connectivity index (χ1n) is 7.18. The van der Waals surface area contributed by atoms with Crippen molar-refractivity contribution in [3.05, 3.63) is 59.1 Å². The number of halogens is 2. The molecule has 0 atom stereocenters. The molecule has 1 amide bonds. The molecular weight excluding hydrogens is 333 g/mol. The Kier molecular flexibility index (Phi) is 4.81. The van der Waals surface area contributed by atoms with E-state index in [-0.39, 0.29) is 29.7 Å². The number of aromatic nitrogens is 4. The van der Waals surface area contributed by atoms with Crippen molar-refractivity contribution < 1.29 is 9.18 Å². The number of rotatable bonds is 5. The zero-order chi connectivity index (χ0) is 16.9. The minimum atomic E-state index is -0.519. The second-order valence-corrected chi connectivity index (χ2v) is 5.49. The van der Waals surface area contributed by atoms with Crippen molar-refractivity contribution in [2.75, 3.05) is 5.32 Å². The molecule has 0 saturated heterocycles. The van der Waals surface area contributed by atoms with Crippen LogP contribution in [0.2, 0.25) is 5.02 Å². The van der Waals surface area contributed by atoms with Gasteiger partial charge in [-0.25, -0.2) is 4.39 Å². The van der Waals surface area contributed by atoms with Gasteiger partial charge in [-0.1, -0.05) is 23.7 Å². The molecule has 2 aromatic heterocycles. The number of hydrogen-bond donors (Lipinski definition) is 2. The van der Waals surface area contributed by atoms with Gasteiger partial charge in [-0.2, -0.15) is 0 Å². The molecule has 0 aliphatic heterocycles. The maximum atomic E-state index is 13.6. The first kappa shape index (κ1) is 16.1. The van der Waals surface area contributed by atoms with E-state index in [9.17, 15) is 9.18 Å². The molecule has 0 aliphatic rings. The van der Waals surface area contributed by atoms with Crippen molar-refractivity contribution in [3.63, 3.8) is 0 Å². The maximum Gasteiger partial charge on any atom is 0.228 e. The van der Waals surface area contributed by atoms with Gasteiger partial charge in [-0.3, -0.25) is 15.1 Å². The molecule has 24 heavy (non-hydrogen) atoms. The zero-order valence-electron chi connectivity index (χ0n) is 12.5. The van der Waals surface area contributed by atoms with Crippen LogP contribution in [0.1, 0.15) is 12.0 Å². The number of benzene rings is 1. The van der Waals surface area contributed by atoms with Crippen LogP contribution in [-0.2, 0) is 11.2 Å². The highest BCUT2D eigenvalue weighted by atomic mass is 35.5. The Morgan fingerprint density at radius 1 is 1.21 bits per heavy atom. The molecule has 0 saturated carbocycles. The molecule has 0 bridgehead atoms. The van der Waals surface area contributed by atoms with Crippen LogP contribution in [0.5, 0.6) is 0 Å². The monoisotopic (exact) mass is 345 g/mol. The summed E-state index contributed by atoms with van der Waals surface area (Å²) in [5, 5.41) is 10.9. The number of pyridine rings is 1. The second kappa shape index (κ2) is 7.18. The van der Waals surface area contributed by atoms with Gasteiger partial charge in [-0.05, 0) is 30.2 Å². The van der Waals surface area contributed by atoms with Crippen LogP contribution >= 0.6 is 11.6 Å². The van der Waals surface area contributed by atoms with Crippen LogP contribution < -0.4 is 5.32 Å². The molecule has 0 radical (unpaired) electrons. The third-order valence-electron chi connectivity index (χ3n) is 3.33. The number of anilines is 1. The smallest absolute Gasteiger partial charge is 0.228 e. The van der Waals surface area contributed by atoms with Crippen LogP contribution in [0.3, 0.4) is 0 Å². The van der Waals surface area contributed by atoms with Gasteiger partial charge in [0, 0.05) is 17.6 Å². The zero-order valence-corrected chi connectivity index (χ0v) is 13.2. The van der Waals surface area contributed by atoms with E-state index < -0.39 is 5.82 Å². The van der Waals surface area contributed by atoms with Gasteiger partial charge in [0.1, 0.15) is 0 Å². The quantitative estimate of drug-likeness (QED) is 0.743. The lowest BCUT2D eigenvalue weighted by molar-refractivity contribution is -0.116. The molecule has 6 nitrogen and oxygen atoms in total. The molecule has 0 spiro atoms. The summed E-state index contributed by atoms with van der Waals surface area (Å²) in [4.78, 5) is 18.4. The number of H-pyrrole nitrogens is 1. The fourth-order valence-corrected chi connectivity index (χ4v) is 2.24. The number of carbonyl (C=O) groups excluding carboxylic acids is 1. The van der Waals surface area contributed by atoms with Crippen molar-refractivity contribution in [3.8, 4) is 11.4 Å². The Balaban J connectivity index is 1.59. The van der Waals surface area contributed by atoms with E-state index in [2.05, 4.69) is 25.5 Å². The summed E-state index contributed by atoms with van der Waals surface area (Å²) in [6.45, 7) is 0. The largest absolute Gasteiger partial charge is 0.307 e. The highest BCUT2D eigenvalue weighted by Gasteiger charge is 2.11. The number of hydrogen-bond acceptors (Lipinski definition) is 4. The van der Waals surface area contributed by atoms with Crippen molar-refractivity contribution in [2.24, 2.45) is 0 Å². The van der Waals surface area contributed by atoms with E-state index in [1.54, 1.807) is 12.1 Å². The summed E-state index contributed by atoms with van der Waals surface area (Å²) in [5.41, 5.74) is 1.24. The normalized spacial score (nSPS) is 10.6. The Morgan fingerprint density at radius 3 is 2.75 bits per heavy atom. The van der Waals surface area contributed by atoms with Crippen LogP contribution in [-0.4, -0.2) is 26.1 Å². The van der Waals surface area contributed by atoms with Crippen LogP contribution in [0.15, 0.2) is 42.7 Å². The molecule has 1 aromatic carbocycles. The number of amides is 1. The SMILES string of the molecule is O=C(CCc1ccc(Cl)cc1)Nc1nnc(-c2ccncc2F)[nH]1. The third kappa shape index (κ3) is 3.94. The van der Waals surface area contributed by atoms with Crippen molar-refractivity contribution >= 4 is 23.5 Å². The number of nitrogens with one attached hydrogen (secondary N) is 2. The Bertz CT molecular complexity index is 850. The lowest BCUT2D eigenvalue weighted by Gasteiger charge is -2.02. The number of carbonyl (C=O) groups is 1. The average Bonchev–Trinajstić information content (AvgIpc) is 3.03. The van der Waals surface area contributed by atoms with Crippen LogP contribution in [0, 0.1) is 5.82 Å². The Morgan fingerprint density at radius 2 is 2.00 bits per heavy atom. The maximum absolute atomic E-state index is 13.6. The highest BCUT2D eigenvalue weighted by Crippen LogP contribution is 2.18. The van der Waals surface area contributed by atoms with Crippen LogP contribution in [0.25, 0.3) is 11.4 Å². The summed E-state index contributed by atoms with van der Waals surface area (Å²) in [7, 11) is 0. The molecule has 0 fully saturated rings. The van der Waals surface area contributed by atoms with E-state index in [1.807, 2.05) is 12.1 Å². The van der Waals surface area contributed by atoms with Gasteiger partial charge in [0.25, 0.3) is 0 Å². The molecule has 2 N–H and O–H groups in total. The molecule has 0 aliphatic carbocycles. The lowest BCUT2D eigenvalue weighted by atomic mass is 10.1. The lowest BCUT2D eigenvalue weighted by Crippen LogP contribution is -2.13. The molecule has 0 unspecified atom stereocenters. The highest BCUT2D eigenvalue weighted by molar-refractivity contribution is 6.30. The molecule has 3 aromatic rings. The fraction of sp³-hybridized carbons (Fsp3) is 0.125. The molecule has 2 heterocycles. The van der Waals surface area contributed by atoms with Crippen molar-refractivity contribution in [1.82, 2.24) is 20.2 Å². The van der Waals surface area contributed by atoms with Crippen LogP contribution in [0.4, 0.5) is 10.3 Å². The third-order valence-corrected chi connectivity index (χ3v) is 3.58. The van der Waals surface area contributed by atoms with Gasteiger partial charge in [0.2, 0.25) is 11.9 Å². The van der Waals surface area contributed by atoms with E-state index >= 15 is 0 Å². The second-order valence-electron chi connectivity index (χ2n) is 5.05.